The number of rotatable bonds is 3. The smallest absolute Gasteiger partial charge is 0.0422 e. The third kappa shape index (κ3) is 2.20. The van der Waals surface area contributed by atoms with Gasteiger partial charge in [-0.15, -0.1) is 0 Å². The second-order valence-corrected chi connectivity index (χ2v) is 4.58. The fourth-order valence-corrected chi connectivity index (χ4v) is 2.37. The van der Waals surface area contributed by atoms with E-state index in [0.29, 0.717) is 6.54 Å². The normalized spacial score (nSPS) is 17.8. The molecule has 1 fully saturated rings. The molecule has 0 aromatic heterocycles. The summed E-state index contributed by atoms with van der Waals surface area (Å²) in [5, 5.41) is 0. The van der Waals surface area contributed by atoms with E-state index in [0.717, 1.165) is 0 Å². The van der Waals surface area contributed by atoms with Crippen LogP contribution in [-0.4, -0.2) is 19.6 Å². The van der Waals surface area contributed by atoms with E-state index in [9.17, 15) is 0 Å². The van der Waals surface area contributed by atoms with Gasteiger partial charge in [0.2, 0.25) is 0 Å². The maximum absolute atomic E-state index is 5.96. The Labute approximate surface area is 97.4 Å². The number of aryl methyl sites for hydroxylation is 1. The van der Waals surface area contributed by atoms with Crippen molar-refractivity contribution in [2.75, 3.05) is 24.5 Å². The van der Waals surface area contributed by atoms with Crippen LogP contribution in [0.4, 0.5) is 5.69 Å². The number of anilines is 1. The van der Waals surface area contributed by atoms with Crippen molar-refractivity contribution in [3.05, 3.63) is 29.3 Å². The van der Waals surface area contributed by atoms with E-state index >= 15 is 0 Å². The van der Waals surface area contributed by atoms with E-state index < -0.39 is 0 Å². The molecule has 0 bridgehead atoms. The van der Waals surface area contributed by atoms with Crippen LogP contribution in [0.15, 0.2) is 18.2 Å². The zero-order valence-electron chi connectivity index (χ0n) is 9.95. The molecular weight excluding hydrogens is 198 g/mol. The quantitative estimate of drug-likeness (QED) is 0.811. The molecule has 0 unspecified atom stereocenters. The summed E-state index contributed by atoms with van der Waals surface area (Å²) in [6.45, 7) is 4.98. The summed E-state index contributed by atoms with van der Waals surface area (Å²) in [4.78, 5) is 2.44. The lowest BCUT2D eigenvalue weighted by atomic mass is 10.0. The molecule has 0 amide bonds. The molecular formula is C13H21N3. The van der Waals surface area contributed by atoms with E-state index in [4.69, 9.17) is 11.5 Å². The van der Waals surface area contributed by atoms with Crippen molar-refractivity contribution in [3.63, 3.8) is 0 Å². The van der Waals surface area contributed by atoms with Gasteiger partial charge in [0.15, 0.2) is 0 Å². The topological polar surface area (TPSA) is 55.3 Å². The summed E-state index contributed by atoms with van der Waals surface area (Å²) in [5.41, 5.74) is 15.3. The Balaban J connectivity index is 2.21. The molecule has 1 atom stereocenters. The third-order valence-corrected chi connectivity index (χ3v) is 3.38. The number of hydrogen-bond donors (Lipinski definition) is 2. The van der Waals surface area contributed by atoms with Gasteiger partial charge in [-0.1, -0.05) is 6.07 Å². The summed E-state index contributed by atoms with van der Waals surface area (Å²) in [5.74, 6) is 0. The molecule has 0 radical (unpaired) electrons. The monoisotopic (exact) mass is 219 g/mol. The zero-order chi connectivity index (χ0) is 11.5. The predicted octanol–water partition coefficient (Wildman–Crippen LogP) is 1.55. The molecule has 1 aliphatic rings. The second kappa shape index (κ2) is 4.85. The predicted molar refractivity (Wildman–Crippen MR) is 68.6 cm³/mol. The molecule has 1 aromatic rings. The maximum atomic E-state index is 5.96. The lowest BCUT2D eigenvalue weighted by Crippen LogP contribution is -2.22. The standard InChI is InChI=1S/C13H21N3/c1-10-8-11(16-6-2-3-7-16)4-5-12(10)13(15)9-14/h4-5,8,13H,2-3,6-7,9,14-15H2,1H3/t13-/m1/s1. The van der Waals surface area contributed by atoms with Crippen molar-refractivity contribution in [2.45, 2.75) is 25.8 Å². The van der Waals surface area contributed by atoms with Crippen LogP contribution in [0.2, 0.25) is 0 Å². The minimum Gasteiger partial charge on any atom is -0.372 e. The molecule has 1 aromatic carbocycles. The zero-order valence-corrected chi connectivity index (χ0v) is 9.95. The summed E-state index contributed by atoms with van der Waals surface area (Å²) >= 11 is 0. The average molecular weight is 219 g/mol. The van der Waals surface area contributed by atoms with E-state index in [-0.39, 0.29) is 6.04 Å². The lowest BCUT2D eigenvalue weighted by molar-refractivity contribution is 0.731. The van der Waals surface area contributed by atoms with E-state index in [1.165, 1.54) is 42.7 Å². The van der Waals surface area contributed by atoms with Crippen molar-refractivity contribution < 1.29 is 0 Å². The first-order valence-corrected chi connectivity index (χ1v) is 6.03. The minimum atomic E-state index is -0.0346. The molecule has 0 saturated carbocycles. The summed E-state index contributed by atoms with van der Waals surface area (Å²) in [7, 11) is 0. The molecule has 4 N–H and O–H groups in total. The largest absolute Gasteiger partial charge is 0.372 e. The van der Waals surface area contributed by atoms with Crippen LogP contribution in [0.1, 0.15) is 30.0 Å². The highest BCUT2D eigenvalue weighted by Crippen LogP contribution is 2.24. The van der Waals surface area contributed by atoms with Gasteiger partial charge < -0.3 is 16.4 Å². The van der Waals surface area contributed by atoms with Crippen molar-refractivity contribution in [2.24, 2.45) is 11.5 Å². The first-order valence-electron chi connectivity index (χ1n) is 6.03. The fourth-order valence-electron chi connectivity index (χ4n) is 2.37. The van der Waals surface area contributed by atoms with Crippen molar-refractivity contribution in [1.29, 1.82) is 0 Å². The fraction of sp³-hybridized carbons (Fsp3) is 0.538. The molecule has 1 saturated heterocycles. The van der Waals surface area contributed by atoms with E-state index in [2.05, 4.69) is 30.0 Å². The van der Waals surface area contributed by atoms with E-state index in [1.54, 1.807) is 0 Å². The van der Waals surface area contributed by atoms with Crippen LogP contribution in [0.5, 0.6) is 0 Å². The van der Waals surface area contributed by atoms with Crippen molar-refractivity contribution in [3.8, 4) is 0 Å². The van der Waals surface area contributed by atoms with Crippen LogP contribution < -0.4 is 16.4 Å². The number of nitrogens with zero attached hydrogens (tertiary/aromatic N) is 1. The Kier molecular flexibility index (Phi) is 3.46. The minimum absolute atomic E-state index is 0.0346. The van der Waals surface area contributed by atoms with Crippen LogP contribution in [0.25, 0.3) is 0 Å². The Bertz CT molecular complexity index is 356. The molecule has 0 aliphatic carbocycles. The molecule has 1 aliphatic heterocycles. The SMILES string of the molecule is Cc1cc(N2CCCC2)ccc1[C@H](N)CN. The summed E-state index contributed by atoms with van der Waals surface area (Å²) in [6.07, 6.45) is 2.62. The molecule has 3 heteroatoms. The van der Waals surface area contributed by atoms with Gasteiger partial charge in [-0.3, -0.25) is 0 Å². The first-order chi connectivity index (χ1) is 7.72. The molecule has 0 spiro atoms. The molecule has 3 nitrogen and oxygen atoms in total. The van der Waals surface area contributed by atoms with Gasteiger partial charge in [0.05, 0.1) is 0 Å². The van der Waals surface area contributed by atoms with E-state index in [1.807, 2.05) is 0 Å². The summed E-state index contributed by atoms with van der Waals surface area (Å²) in [6, 6.07) is 6.49. The Morgan fingerprint density at radius 2 is 2.00 bits per heavy atom. The summed E-state index contributed by atoms with van der Waals surface area (Å²) < 4.78 is 0. The highest BCUT2D eigenvalue weighted by atomic mass is 15.1. The highest BCUT2D eigenvalue weighted by Gasteiger charge is 2.14. The highest BCUT2D eigenvalue weighted by molar-refractivity contribution is 5.52. The second-order valence-electron chi connectivity index (χ2n) is 4.58. The lowest BCUT2D eigenvalue weighted by Gasteiger charge is -2.20. The first kappa shape index (κ1) is 11.4. The molecule has 16 heavy (non-hydrogen) atoms. The van der Waals surface area contributed by atoms with Crippen molar-refractivity contribution in [1.82, 2.24) is 0 Å². The maximum Gasteiger partial charge on any atom is 0.0422 e. The Morgan fingerprint density at radius 1 is 1.31 bits per heavy atom. The Morgan fingerprint density at radius 3 is 2.56 bits per heavy atom. The molecule has 88 valence electrons. The average Bonchev–Trinajstić information content (AvgIpc) is 2.81. The number of benzene rings is 1. The van der Waals surface area contributed by atoms with Crippen LogP contribution in [0.3, 0.4) is 0 Å². The van der Waals surface area contributed by atoms with Crippen LogP contribution in [-0.2, 0) is 0 Å². The van der Waals surface area contributed by atoms with Gasteiger partial charge in [0.25, 0.3) is 0 Å². The molecule has 2 rings (SSSR count). The number of nitrogens with two attached hydrogens (primary N) is 2. The van der Waals surface area contributed by atoms with Gasteiger partial charge in [-0.05, 0) is 43.0 Å². The van der Waals surface area contributed by atoms with Gasteiger partial charge in [0.1, 0.15) is 0 Å². The van der Waals surface area contributed by atoms with Gasteiger partial charge in [-0.2, -0.15) is 0 Å². The van der Waals surface area contributed by atoms with Crippen LogP contribution in [0, 0.1) is 6.92 Å². The molecule has 1 heterocycles. The van der Waals surface area contributed by atoms with Gasteiger partial charge in [0, 0.05) is 31.4 Å². The van der Waals surface area contributed by atoms with Crippen LogP contribution >= 0.6 is 0 Å². The Hall–Kier alpha value is -1.06. The van der Waals surface area contributed by atoms with Gasteiger partial charge in [-0.25, -0.2) is 0 Å². The van der Waals surface area contributed by atoms with Gasteiger partial charge >= 0.3 is 0 Å². The van der Waals surface area contributed by atoms with Crippen molar-refractivity contribution >= 4 is 5.69 Å². The number of hydrogen-bond acceptors (Lipinski definition) is 3. The third-order valence-electron chi connectivity index (χ3n) is 3.38.